The minimum Gasteiger partial charge on any atom is -0.299 e. The van der Waals surface area contributed by atoms with E-state index in [0.717, 1.165) is 6.07 Å². The van der Waals surface area contributed by atoms with E-state index in [-0.39, 0.29) is 11.3 Å². The second-order valence-corrected chi connectivity index (χ2v) is 3.12. The molecule has 0 aromatic heterocycles. The van der Waals surface area contributed by atoms with Crippen LogP contribution in [0.25, 0.3) is 0 Å². The van der Waals surface area contributed by atoms with Crippen LogP contribution < -0.4 is 0 Å². The van der Waals surface area contributed by atoms with Crippen LogP contribution in [0.5, 0.6) is 0 Å². The third-order valence-corrected chi connectivity index (χ3v) is 2.10. The average Bonchev–Trinajstić information content (AvgIpc) is 2.09. The predicted octanol–water partition coefficient (Wildman–Crippen LogP) is 2.80. The molecule has 1 nitrogen and oxygen atoms in total. The fourth-order valence-electron chi connectivity index (χ4n) is 1.11. The third-order valence-electron chi connectivity index (χ3n) is 2.10. The van der Waals surface area contributed by atoms with Gasteiger partial charge in [-0.05, 0) is 13.0 Å². The molecular weight excluding hydrogens is 193 g/mol. The molecule has 0 heterocycles. The van der Waals surface area contributed by atoms with Crippen LogP contribution >= 0.6 is 0 Å². The predicted molar refractivity (Wildman–Crippen MR) is 45.4 cm³/mol. The molecule has 0 aliphatic rings. The highest BCUT2D eigenvalue weighted by atomic mass is 19.2. The highest BCUT2D eigenvalue weighted by Crippen LogP contribution is 2.22. The quantitative estimate of drug-likeness (QED) is 0.674. The van der Waals surface area contributed by atoms with Crippen LogP contribution in [-0.2, 0) is 4.79 Å². The molecule has 0 radical (unpaired) electrons. The highest BCUT2D eigenvalue weighted by Gasteiger charge is 2.19. The Balaban J connectivity index is 3.26. The summed E-state index contributed by atoms with van der Waals surface area (Å²) in [6, 6.07) is 1.29. The van der Waals surface area contributed by atoms with Crippen LogP contribution in [-0.4, -0.2) is 5.78 Å². The summed E-state index contributed by atoms with van der Waals surface area (Å²) in [5.41, 5.74) is -0.241. The summed E-state index contributed by atoms with van der Waals surface area (Å²) in [4.78, 5) is 10.9. The molecule has 14 heavy (non-hydrogen) atoms. The molecule has 0 saturated heterocycles. The van der Waals surface area contributed by atoms with E-state index >= 15 is 0 Å². The lowest BCUT2D eigenvalue weighted by Gasteiger charge is -2.09. The minimum atomic E-state index is -1.27. The van der Waals surface area contributed by atoms with Gasteiger partial charge in [0, 0.05) is 17.5 Å². The summed E-state index contributed by atoms with van der Waals surface area (Å²) in [6.07, 6.45) is 0. The number of hydrogen-bond donors (Lipinski definition) is 0. The van der Waals surface area contributed by atoms with E-state index in [2.05, 4.69) is 0 Å². The first-order valence-corrected chi connectivity index (χ1v) is 4.08. The van der Waals surface area contributed by atoms with Gasteiger partial charge in [0.1, 0.15) is 11.6 Å². The van der Waals surface area contributed by atoms with Crippen LogP contribution in [0.2, 0.25) is 0 Å². The summed E-state index contributed by atoms with van der Waals surface area (Å²) >= 11 is 0. The maximum Gasteiger partial charge on any atom is 0.162 e. The van der Waals surface area contributed by atoms with Crippen molar-refractivity contribution in [2.45, 2.75) is 19.8 Å². The number of carbonyl (C=O) groups is 1. The van der Waals surface area contributed by atoms with Gasteiger partial charge < -0.3 is 0 Å². The fraction of sp³-hybridized carbons (Fsp3) is 0.300. The molecule has 1 aromatic carbocycles. The molecule has 0 spiro atoms. The van der Waals surface area contributed by atoms with Crippen LogP contribution in [0.4, 0.5) is 13.2 Å². The zero-order valence-electron chi connectivity index (χ0n) is 7.77. The number of benzene rings is 1. The zero-order valence-corrected chi connectivity index (χ0v) is 7.77. The number of hydrogen-bond acceptors (Lipinski definition) is 1. The monoisotopic (exact) mass is 202 g/mol. The molecule has 0 N–H and O–H groups in total. The van der Waals surface area contributed by atoms with Crippen molar-refractivity contribution in [3.8, 4) is 0 Å². The Morgan fingerprint density at radius 2 is 1.86 bits per heavy atom. The number of Topliss-reactive ketones (excluding diaryl/α,β-unsaturated/α-hetero) is 1. The number of carbonyl (C=O) groups excluding carboxylic acids is 1. The van der Waals surface area contributed by atoms with Crippen LogP contribution in [0.1, 0.15) is 25.3 Å². The second-order valence-electron chi connectivity index (χ2n) is 3.12. The minimum absolute atomic E-state index is 0.241. The van der Waals surface area contributed by atoms with Crippen molar-refractivity contribution < 1.29 is 18.0 Å². The summed E-state index contributed by atoms with van der Waals surface area (Å²) in [5, 5.41) is 0. The first-order chi connectivity index (χ1) is 6.43. The smallest absolute Gasteiger partial charge is 0.162 e. The van der Waals surface area contributed by atoms with Crippen molar-refractivity contribution in [3.63, 3.8) is 0 Å². The van der Waals surface area contributed by atoms with Crippen molar-refractivity contribution in [1.29, 1.82) is 0 Å². The van der Waals surface area contributed by atoms with Gasteiger partial charge >= 0.3 is 0 Å². The zero-order chi connectivity index (χ0) is 10.9. The molecule has 1 atom stereocenters. The first-order valence-electron chi connectivity index (χ1n) is 4.08. The van der Waals surface area contributed by atoms with E-state index in [9.17, 15) is 18.0 Å². The van der Waals surface area contributed by atoms with E-state index in [1.54, 1.807) is 0 Å². The summed E-state index contributed by atoms with van der Waals surface area (Å²) in [5.74, 6) is -4.48. The van der Waals surface area contributed by atoms with Gasteiger partial charge in [-0.2, -0.15) is 0 Å². The standard InChI is InChI=1S/C10H9F3O/c1-5(6(2)14)8-3-7(11)4-9(12)10(8)13/h3-5H,1-2H3. The van der Waals surface area contributed by atoms with Gasteiger partial charge in [-0.15, -0.1) is 0 Å². The van der Waals surface area contributed by atoms with Gasteiger partial charge in [-0.25, -0.2) is 13.2 Å². The molecule has 0 amide bonds. The van der Waals surface area contributed by atoms with E-state index in [1.165, 1.54) is 13.8 Å². The SMILES string of the molecule is CC(=O)C(C)c1cc(F)cc(F)c1F. The van der Waals surface area contributed by atoms with Crippen LogP contribution in [0.15, 0.2) is 12.1 Å². The summed E-state index contributed by atoms with van der Waals surface area (Å²) < 4.78 is 38.5. The molecule has 76 valence electrons. The Morgan fingerprint density at radius 3 is 2.36 bits per heavy atom. The van der Waals surface area contributed by atoms with Gasteiger partial charge in [0.25, 0.3) is 0 Å². The molecule has 0 aliphatic carbocycles. The van der Waals surface area contributed by atoms with Crippen molar-refractivity contribution in [2.24, 2.45) is 0 Å². The van der Waals surface area contributed by atoms with E-state index < -0.39 is 23.4 Å². The van der Waals surface area contributed by atoms with Crippen molar-refractivity contribution in [1.82, 2.24) is 0 Å². The molecule has 0 fully saturated rings. The average molecular weight is 202 g/mol. The van der Waals surface area contributed by atoms with E-state index in [1.807, 2.05) is 0 Å². The lowest BCUT2D eigenvalue weighted by atomic mass is 9.97. The summed E-state index contributed by atoms with van der Waals surface area (Å²) in [6.45, 7) is 2.65. The van der Waals surface area contributed by atoms with E-state index in [4.69, 9.17) is 0 Å². The fourth-order valence-corrected chi connectivity index (χ4v) is 1.11. The largest absolute Gasteiger partial charge is 0.299 e. The topological polar surface area (TPSA) is 17.1 Å². The number of ketones is 1. The van der Waals surface area contributed by atoms with Gasteiger partial charge in [0.05, 0.1) is 0 Å². The number of halogens is 3. The molecule has 0 aliphatic heterocycles. The Kier molecular flexibility index (Phi) is 2.93. The highest BCUT2D eigenvalue weighted by molar-refractivity contribution is 5.82. The van der Waals surface area contributed by atoms with Gasteiger partial charge in [-0.1, -0.05) is 6.92 Å². The molecule has 4 heteroatoms. The van der Waals surface area contributed by atoms with Crippen molar-refractivity contribution in [3.05, 3.63) is 35.1 Å². The molecule has 1 unspecified atom stereocenters. The lowest BCUT2D eigenvalue weighted by molar-refractivity contribution is -0.118. The van der Waals surface area contributed by atoms with E-state index in [0.29, 0.717) is 6.07 Å². The lowest BCUT2D eigenvalue weighted by Crippen LogP contribution is -2.08. The van der Waals surface area contributed by atoms with Gasteiger partial charge in [-0.3, -0.25) is 4.79 Å². The first kappa shape index (κ1) is 10.8. The van der Waals surface area contributed by atoms with Crippen LogP contribution in [0.3, 0.4) is 0 Å². The third kappa shape index (κ3) is 1.95. The van der Waals surface area contributed by atoms with Crippen molar-refractivity contribution >= 4 is 5.78 Å². The van der Waals surface area contributed by atoms with Gasteiger partial charge in [0.2, 0.25) is 0 Å². The molecule has 0 saturated carbocycles. The molecule has 1 aromatic rings. The Bertz CT molecular complexity index is 374. The maximum absolute atomic E-state index is 13.1. The van der Waals surface area contributed by atoms with Crippen molar-refractivity contribution in [2.75, 3.05) is 0 Å². The Labute approximate surface area is 79.5 Å². The maximum atomic E-state index is 13.1. The number of rotatable bonds is 2. The van der Waals surface area contributed by atoms with Crippen LogP contribution in [0, 0.1) is 17.5 Å². The van der Waals surface area contributed by atoms with Gasteiger partial charge in [0.15, 0.2) is 11.6 Å². The molecule has 0 bridgehead atoms. The Hall–Kier alpha value is -1.32. The Morgan fingerprint density at radius 1 is 1.29 bits per heavy atom. The molecule has 1 rings (SSSR count). The molecular formula is C10H9F3O. The normalized spacial score (nSPS) is 12.6. The summed E-state index contributed by atoms with van der Waals surface area (Å²) in [7, 11) is 0. The second kappa shape index (κ2) is 3.82.